The zero-order valence-corrected chi connectivity index (χ0v) is 11.1. The van der Waals surface area contributed by atoms with Gasteiger partial charge in [-0.1, -0.05) is 13.0 Å². The number of aryl methyl sites for hydroxylation is 1. The molecule has 0 bridgehead atoms. The maximum atomic E-state index is 13.5. The molecule has 2 aromatic rings. The van der Waals surface area contributed by atoms with Gasteiger partial charge in [-0.3, -0.25) is 0 Å². The van der Waals surface area contributed by atoms with Gasteiger partial charge in [-0.05, 0) is 18.6 Å². The first-order chi connectivity index (χ1) is 8.69. The van der Waals surface area contributed by atoms with Gasteiger partial charge in [0.25, 0.3) is 0 Å². The smallest absolute Gasteiger partial charge is 0.129 e. The van der Waals surface area contributed by atoms with E-state index in [1.165, 1.54) is 10.9 Å². The number of halogens is 1. The third-order valence-corrected chi connectivity index (χ3v) is 3.76. The summed E-state index contributed by atoms with van der Waals surface area (Å²) < 4.78 is 13.5. The maximum absolute atomic E-state index is 13.5. The van der Waals surface area contributed by atoms with Crippen LogP contribution in [0.4, 0.5) is 10.1 Å². The van der Waals surface area contributed by atoms with Gasteiger partial charge in [-0.25, -0.2) is 9.37 Å². The molecule has 0 aliphatic carbocycles. The van der Waals surface area contributed by atoms with Crippen LogP contribution < -0.4 is 11.1 Å². The zero-order chi connectivity index (χ0) is 13.0. The van der Waals surface area contributed by atoms with Crippen LogP contribution in [-0.4, -0.2) is 4.98 Å². The van der Waals surface area contributed by atoms with Gasteiger partial charge in [0.1, 0.15) is 10.8 Å². The molecule has 3 nitrogen and oxygen atoms in total. The standard InChI is InChI=1S/C13H16FN3S/c1-2-11-7-17-13(18-11)8-16-6-9-3-4-10(15)5-12(9)14/h3-5,7,16H,2,6,8,15H2,1H3. The quantitative estimate of drug-likeness (QED) is 0.817. The van der Waals surface area contributed by atoms with Crippen LogP contribution in [-0.2, 0) is 19.5 Å². The van der Waals surface area contributed by atoms with Crippen molar-refractivity contribution in [2.24, 2.45) is 0 Å². The van der Waals surface area contributed by atoms with Crippen LogP contribution in [0.15, 0.2) is 24.4 Å². The molecule has 3 N–H and O–H groups in total. The summed E-state index contributed by atoms with van der Waals surface area (Å²) >= 11 is 1.69. The molecule has 1 aromatic carbocycles. The van der Waals surface area contributed by atoms with Crippen LogP contribution in [0.1, 0.15) is 22.4 Å². The van der Waals surface area contributed by atoms with E-state index >= 15 is 0 Å². The third-order valence-electron chi connectivity index (χ3n) is 2.62. The molecule has 0 fully saturated rings. The van der Waals surface area contributed by atoms with Gasteiger partial charge in [-0.15, -0.1) is 11.3 Å². The van der Waals surface area contributed by atoms with E-state index in [4.69, 9.17) is 5.73 Å². The van der Waals surface area contributed by atoms with Crippen molar-refractivity contribution in [3.05, 3.63) is 45.7 Å². The molecule has 0 atom stereocenters. The van der Waals surface area contributed by atoms with Gasteiger partial charge >= 0.3 is 0 Å². The van der Waals surface area contributed by atoms with E-state index in [1.807, 2.05) is 6.20 Å². The molecule has 96 valence electrons. The number of hydrogen-bond donors (Lipinski definition) is 2. The summed E-state index contributed by atoms with van der Waals surface area (Å²) in [6.45, 7) is 3.25. The number of aromatic nitrogens is 1. The van der Waals surface area contributed by atoms with Crippen LogP contribution in [0.3, 0.4) is 0 Å². The summed E-state index contributed by atoms with van der Waals surface area (Å²) in [5, 5.41) is 4.21. The van der Waals surface area contributed by atoms with E-state index in [2.05, 4.69) is 17.2 Å². The molecular formula is C13H16FN3S. The third kappa shape index (κ3) is 3.27. The second-order valence-corrected chi connectivity index (χ2v) is 5.23. The van der Waals surface area contributed by atoms with E-state index in [1.54, 1.807) is 23.5 Å². The monoisotopic (exact) mass is 265 g/mol. The summed E-state index contributed by atoms with van der Waals surface area (Å²) in [7, 11) is 0. The summed E-state index contributed by atoms with van der Waals surface area (Å²) in [6, 6.07) is 4.76. The van der Waals surface area contributed by atoms with Gasteiger partial charge in [0, 0.05) is 35.4 Å². The Balaban J connectivity index is 1.88. The average molecular weight is 265 g/mol. The lowest BCUT2D eigenvalue weighted by Gasteiger charge is -2.05. The Hall–Kier alpha value is -1.46. The fourth-order valence-corrected chi connectivity index (χ4v) is 2.44. The van der Waals surface area contributed by atoms with Crippen molar-refractivity contribution in [3.8, 4) is 0 Å². The minimum atomic E-state index is -0.268. The molecule has 1 aromatic heterocycles. The van der Waals surface area contributed by atoms with Crippen LogP contribution >= 0.6 is 11.3 Å². The van der Waals surface area contributed by atoms with E-state index in [9.17, 15) is 4.39 Å². The Bertz CT molecular complexity index is 525. The van der Waals surface area contributed by atoms with Crippen molar-refractivity contribution in [3.63, 3.8) is 0 Å². The molecule has 5 heteroatoms. The van der Waals surface area contributed by atoms with Gasteiger partial charge in [-0.2, -0.15) is 0 Å². The van der Waals surface area contributed by atoms with Crippen molar-refractivity contribution in [2.45, 2.75) is 26.4 Å². The first kappa shape index (κ1) is 13.0. The number of hydrogen-bond acceptors (Lipinski definition) is 4. The van der Waals surface area contributed by atoms with Crippen molar-refractivity contribution in [1.29, 1.82) is 0 Å². The molecule has 2 rings (SSSR count). The highest BCUT2D eigenvalue weighted by molar-refractivity contribution is 7.11. The Labute approximate surface area is 110 Å². The highest BCUT2D eigenvalue weighted by Crippen LogP contribution is 2.14. The van der Waals surface area contributed by atoms with E-state index in [0.717, 1.165) is 11.4 Å². The predicted molar refractivity (Wildman–Crippen MR) is 72.8 cm³/mol. The SMILES string of the molecule is CCc1cnc(CNCc2ccc(N)cc2F)s1. The molecule has 0 spiro atoms. The van der Waals surface area contributed by atoms with Crippen LogP contribution in [0.5, 0.6) is 0 Å². The molecule has 0 saturated carbocycles. The summed E-state index contributed by atoms with van der Waals surface area (Å²) in [6.07, 6.45) is 2.90. The Kier molecular flexibility index (Phi) is 4.28. The van der Waals surface area contributed by atoms with Crippen LogP contribution in [0.2, 0.25) is 0 Å². The van der Waals surface area contributed by atoms with Crippen molar-refractivity contribution in [2.75, 3.05) is 5.73 Å². The van der Waals surface area contributed by atoms with Crippen molar-refractivity contribution < 1.29 is 4.39 Å². The number of anilines is 1. The molecule has 18 heavy (non-hydrogen) atoms. The summed E-state index contributed by atoms with van der Waals surface area (Å²) in [4.78, 5) is 5.57. The van der Waals surface area contributed by atoms with Crippen molar-refractivity contribution >= 4 is 17.0 Å². The second-order valence-electron chi connectivity index (χ2n) is 4.03. The highest BCUT2D eigenvalue weighted by Gasteiger charge is 2.03. The summed E-state index contributed by atoms with van der Waals surface area (Å²) in [5.74, 6) is -0.268. The number of rotatable bonds is 5. The van der Waals surface area contributed by atoms with E-state index < -0.39 is 0 Å². The lowest BCUT2D eigenvalue weighted by Crippen LogP contribution is -2.13. The second kappa shape index (κ2) is 5.93. The van der Waals surface area contributed by atoms with Crippen LogP contribution in [0.25, 0.3) is 0 Å². The number of nitrogen functional groups attached to an aromatic ring is 1. The normalized spacial score (nSPS) is 10.8. The molecule has 1 heterocycles. The van der Waals surface area contributed by atoms with Crippen LogP contribution in [0, 0.1) is 5.82 Å². The highest BCUT2D eigenvalue weighted by atomic mass is 32.1. The van der Waals surface area contributed by atoms with Gasteiger partial charge in [0.2, 0.25) is 0 Å². The molecule has 0 radical (unpaired) electrons. The first-order valence-corrected chi connectivity index (χ1v) is 6.69. The zero-order valence-electron chi connectivity index (χ0n) is 10.2. The fraction of sp³-hybridized carbons (Fsp3) is 0.308. The number of nitrogens with zero attached hydrogens (tertiary/aromatic N) is 1. The topological polar surface area (TPSA) is 50.9 Å². The number of benzene rings is 1. The minimum Gasteiger partial charge on any atom is -0.399 e. The molecular weight excluding hydrogens is 249 g/mol. The van der Waals surface area contributed by atoms with Crippen molar-refractivity contribution in [1.82, 2.24) is 10.3 Å². The lowest BCUT2D eigenvalue weighted by molar-refractivity contribution is 0.588. The largest absolute Gasteiger partial charge is 0.399 e. The number of nitrogens with one attached hydrogen (secondary N) is 1. The first-order valence-electron chi connectivity index (χ1n) is 5.87. The van der Waals surface area contributed by atoms with Gasteiger partial charge in [0.05, 0.1) is 0 Å². The molecule has 0 unspecified atom stereocenters. The molecule has 0 aliphatic heterocycles. The summed E-state index contributed by atoms with van der Waals surface area (Å²) in [5.41, 5.74) is 6.57. The minimum absolute atomic E-state index is 0.268. The van der Waals surface area contributed by atoms with E-state index in [0.29, 0.717) is 24.3 Å². The fourth-order valence-electron chi connectivity index (χ4n) is 1.60. The van der Waals surface area contributed by atoms with Gasteiger partial charge < -0.3 is 11.1 Å². The molecule has 0 aliphatic rings. The number of thiazole rings is 1. The Morgan fingerprint density at radius 2 is 2.22 bits per heavy atom. The predicted octanol–water partition coefficient (Wildman–Crippen LogP) is 2.72. The number of nitrogens with two attached hydrogens (primary N) is 1. The maximum Gasteiger partial charge on any atom is 0.129 e. The van der Waals surface area contributed by atoms with E-state index in [-0.39, 0.29) is 5.82 Å². The lowest BCUT2D eigenvalue weighted by atomic mass is 10.2. The average Bonchev–Trinajstić information content (AvgIpc) is 2.80. The molecule has 0 amide bonds. The van der Waals surface area contributed by atoms with Gasteiger partial charge in [0.15, 0.2) is 0 Å². The Morgan fingerprint density at radius 1 is 1.39 bits per heavy atom. The molecule has 0 saturated heterocycles. The Morgan fingerprint density at radius 3 is 2.89 bits per heavy atom.